The van der Waals surface area contributed by atoms with Crippen LogP contribution in [0.15, 0.2) is 94.4 Å². The molecule has 2 aliphatic rings. The monoisotopic (exact) mass is 1270 g/mol. The lowest BCUT2D eigenvalue weighted by Crippen LogP contribution is -2.51. The molecule has 25 nitrogen and oxygen atoms in total. The maximum absolute atomic E-state index is 12.8. The Hall–Kier alpha value is -7.75. The van der Waals surface area contributed by atoms with E-state index in [-0.39, 0.29) is 60.3 Å². The minimum absolute atomic E-state index is 0.0124. The van der Waals surface area contributed by atoms with Crippen LogP contribution in [0.2, 0.25) is 0 Å². The van der Waals surface area contributed by atoms with Gasteiger partial charge in [-0.3, -0.25) is 28.3 Å². The summed E-state index contributed by atoms with van der Waals surface area (Å²) in [7, 11) is -8.85. The van der Waals surface area contributed by atoms with Crippen LogP contribution in [0.25, 0.3) is 0 Å². The van der Waals surface area contributed by atoms with Crippen LogP contribution in [0.1, 0.15) is 161 Å². The predicted octanol–water partition coefficient (Wildman–Crippen LogP) is 7.04. The van der Waals surface area contributed by atoms with Crippen LogP contribution in [-0.2, 0) is 64.6 Å². The third-order valence-corrected chi connectivity index (χ3v) is 17.1. The van der Waals surface area contributed by atoms with Crippen LogP contribution in [0.4, 0.5) is 16.2 Å². The Morgan fingerprint density at radius 3 is 1.55 bits per heavy atom. The van der Waals surface area contributed by atoms with Crippen molar-refractivity contribution in [3.8, 4) is 0 Å². The number of likely N-dealkylation sites (N-methyl/N-ethyl adjacent to an activating group) is 1. The Kier molecular flexibility index (Phi) is 28.2. The smallest absolute Gasteiger partial charge is 0.326 e. The molecule has 0 aliphatic carbocycles. The number of carboxylic acid groups (broad SMARTS) is 4. The molecule has 27 heteroatoms. The number of urea groups is 1. The van der Waals surface area contributed by atoms with Crippen molar-refractivity contribution < 1.29 is 89.3 Å². The molecule has 2 aromatic rings. The number of aliphatic carboxylic acids is 4. The molecule has 88 heavy (non-hydrogen) atoms. The second-order valence-corrected chi connectivity index (χ2v) is 25.6. The largest absolute Gasteiger partial charge is 0.481 e. The van der Waals surface area contributed by atoms with Crippen LogP contribution in [-0.4, -0.2) is 149 Å². The van der Waals surface area contributed by atoms with Crippen molar-refractivity contribution in [2.45, 2.75) is 189 Å². The number of rotatable bonds is 39. The van der Waals surface area contributed by atoms with Gasteiger partial charge in [0.25, 0.3) is 20.2 Å². The number of carbonyl (C=O) groups is 8. The van der Waals surface area contributed by atoms with E-state index in [2.05, 4.69) is 36.1 Å². The van der Waals surface area contributed by atoms with E-state index >= 15 is 0 Å². The number of allylic oxidation sites excluding steroid dienone is 8. The molecule has 0 saturated carbocycles. The number of benzene rings is 2. The third-order valence-electron chi connectivity index (χ3n) is 15.4. The highest BCUT2D eigenvalue weighted by atomic mass is 32.2. The summed E-state index contributed by atoms with van der Waals surface area (Å²) < 4.78 is 69.8. The average molecular weight is 1270 g/mol. The molecular formula is C61H86N7O18S2+. The molecule has 0 fully saturated rings. The maximum atomic E-state index is 12.8. The van der Waals surface area contributed by atoms with Crippen molar-refractivity contribution in [2.24, 2.45) is 0 Å². The number of hydrogen-bond donors (Lipinski definition) is 11. The Morgan fingerprint density at radius 2 is 1.02 bits per heavy atom. The first-order chi connectivity index (χ1) is 41.4. The van der Waals surface area contributed by atoms with E-state index in [1.54, 1.807) is 12.1 Å². The van der Waals surface area contributed by atoms with Crippen LogP contribution < -0.4 is 31.5 Å². The van der Waals surface area contributed by atoms with Crippen molar-refractivity contribution in [3.63, 3.8) is 0 Å². The predicted molar refractivity (Wildman–Crippen MR) is 328 cm³/mol. The molecule has 2 aliphatic heterocycles. The fraction of sp³-hybridized carbons (Fsp3) is 0.525. The van der Waals surface area contributed by atoms with Crippen LogP contribution >= 0.6 is 0 Å². The van der Waals surface area contributed by atoms with Gasteiger partial charge in [-0.15, -0.1) is 0 Å². The molecule has 11 N–H and O–H groups in total. The Bertz CT molecular complexity index is 3240. The van der Waals surface area contributed by atoms with E-state index in [9.17, 15) is 79.6 Å². The molecule has 484 valence electrons. The summed E-state index contributed by atoms with van der Waals surface area (Å²) in [6.07, 6.45) is 19.1. The molecule has 4 rings (SSSR count). The highest BCUT2D eigenvalue weighted by Crippen LogP contribution is 2.48. The zero-order valence-corrected chi connectivity index (χ0v) is 52.2. The highest BCUT2D eigenvalue weighted by Gasteiger charge is 2.45. The van der Waals surface area contributed by atoms with E-state index < -0.39 is 97.8 Å². The summed E-state index contributed by atoms with van der Waals surface area (Å²) in [5, 5.41) is 49.6. The maximum Gasteiger partial charge on any atom is 0.326 e. The molecule has 2 heterocycles. The van der Waals surface area contributed by atoms with Crippen molar-refractivity contribution in [1.29, 1.82) is 0 Å². The van der Waals surface area contributed by atoms with Crippen molar-refractivity contribution in [1.82, 2.24) is 26.6 Å². The van der Waals surface area contributed by atoms with Crippen molar-refractivity contribution >= 4 is 85.0 Å². The average Bonchev–Trinajstić information content (AvgIpc) is 1.62. The number of anilines is 1. The van der Waals surface area contributed by atoms with Crippen LogP contribution in [0.3, 0.4) is 0 Å². The first kappa shape index (κ1) is 72.7. The number of amides is 5. The van der Waals surface area contributed by atoms with Crippen LogP contribution in [0.5, 0.6) is 0 Å². The standard InChI is InChI=1S/C61H85N7O18S2/c1-6-67-48-33-30-41(87(81,82)83)39-43(48)60(2,3)50(67)25-13-8-7-9-14-26-51-61(4,5)44-40-42(88(84,85)86)31-34-49(44)68(51)38-22-12-17-28-53(70)63-36-20-18-23-45(56(74)75)64-54(71)29-16-11-10-15-27-52(69)62-37-21-19-24-46(57(76)77)65-59(80)66-47(58(78)79)32-35-55(72)73/h7-9,13-14,25-26,30-31,33-34,39-40,45-47H,6,10-12,15-24,27-29,32,35-38H2,1-5H3,(H10-,62,63,64,65,66,69,70,71,72,73,74,75,76,77,78,79,80,81,82,83,84,85,86)/p+1/t45?,46-,47-/m0/s1. The van der Waals surface area contributed by atoms with Gasteiger partial charge in [0.1, 0.15) is 24.7 Å². The molecule has 0 spiro atoms. The van der Waals surface area contributed by atoms with Gasteiger partial charge >= 0.3 is 29.9 Å². The second kappa shape index (κ2) is 34.1. The minimum atomic E-state index is -4.47. The lowest BCUT2D eigenvalue weighted by Gasteiger charge is -2.25. The van der Waals surface area contributed by atoms with E-state index in [4.69, 9.17) is 5.11 Å². The normalized spacial score (nSPS) is 15.9. The summed E-state index contributed by atoms with van der Waals surface area (Å²) in [5.74, 6) is -6.03. The van der Waals surface area contributed by atoms with Gasteiger partial charge in [0.2, 0.25) is 23.4 Å². The number of nitrogens with one attached hydrogen (secondary N) is 5. The van der Waals surface area contributed by atoms with Gasteiger partial charge in [-0.25, -0.2) is 19.2 Å². The molecule has 0 saturated heterocycles. The number of fused-ring (bicyclic) bond motifs is 2. The Balaban J connectivity index is 1.14. The first-order valence-corrected chi connectivity index (χ1v) is 32.5. The lowest BCUT2D eigenvalue weighted by atomic mass is 9.81. The molecular weight excluding hydrogens is 1180 g/mol. The molecule has 0 radical (unpaired) electrons. The van der Waals surface area contributed by atoms with Gasteiger partial charge in [0.15, 0.2) is 5.71 Å². The van der Waals surface area contributed by atoms with Crippen LogP contribution in [0, 0.1) is 0 Å². The number of hydrogen-bond acceptors (Lipinski definition) is 13. The molecule has 5 amide bonds. The number of nitrogens with zero attached hydrogens (tertiary/aromatic N) is 2. The first-order valence-electron chi connectivity index (χ1n) is 29.6. The van der Waals surface area contributed by atoms with Gasteiger partial charge < -0.3 is 51.9 Å². The Morgan fingerprint density at radius 1 is 0.545 bits per heavy atom. The number of carboxylic acids is 4. The second-order valence-electron chi connectivity index (χ2n) is 22.7. The quantitative estimate of drug-likeness (QED) is 0.0138. The molecule has 3 atom stereocenters. The Labute approximate surface area is 514 Å². The third kappa shape index (κ3) is 22.4. The SMILES string of the molecule is CCN1/C(=C/C=C/C=C/C=C/C2=[N+](CCCCCC(=O)NCCCCC(NC(=O)CCCCCCC(=O)NCCCC[C@H](NC(=O)N[C@@H](CCC(=O)O)C(=O)O)C(=O)O)C(=O)O)c3ccc(S(=O)(=O)O)cc3C2(C)C)C(C)(C)c2cc(S(=O)(=O)O)ccc21. The fourth-order valence-electron chi connectivity index (χ4n) is 10.6. The van der Waals surface area contributed by atoms with E-state index in [0.29, 0.717) is 90.3 Å². The summed E-state index contributed by atoms with van der Waals surface area (Å²) in [4.78, 5) is 97.2. The topological polar surface area (TPSA) is 393 Å². The van der Waals surface area contributed by atoms with Crippen molar-refractivity contribution in [2.75, 3.05) is 31.1 Å². The summed E-state index contributed by atoms with van der Waals surface area (Å²) in [6.45, 7) is 11.7. The summed E-state index contributed by atoms with van der Waals surface area (Å²) in [6, 6.07) is 4.13. The molecule has 1 unspecified atom stereocenters. The lowest BCUT2D eigenvalue weighted by molar-refractivity contribution is -0.438. The summed E-state index contributed by atoms with van der Waals surface area (Å²) >= 11 is 0. The van der Waals surface area contributed by atoms with Gasteiger partial charge in [-0.05, 0) is 133 Å². The van der Waals surface area contributed by atoms with Gasteiger partial charge in [-0.2, -0.15) is 21.4 Å². The zero-order chi connectivity index (χ0) is 65.4. The number of unbranched alkanes of at least 4 members (excludes halogenated alkanes) is 7. The fourth-order valence-corrected chi connectivity index (χ4v) is 11.6. The summed E-state index contributed by atoms with van der Waals surface area (Å²) in [5.41, 5.74) is 3.83. The van der Waals surface area contributed by atoms with Gasteiger partial charge in [-0.1, -0.05) is 57.1 Å². The van der Waals surface area contributed by atoms with E-state index in [1.165, 1.54) is 24.3 Å². The van der Waals surface area contributed by atoms with Crippen molar-refractivity contribution in [3.05, 3.63) is 95.8 Å². The highest BCUT2D eigenvalue weighted by molar-refractivity contribution is 7.86. The minimum Gasteiger partial charge on any atom is -0.481 e. The molecule has 0 aromatic heterocycles. The van der Waals surface area contributed by atoms with E-state index in [1.807, 2.05) is 77.2 Å². The zero-order valence-electron chi connectivity index (χ0n) is 50.6. The number of carbonyl (C=O) groups excluding carboxylic acids is 4. The van der Waals surface area contributed by atoms with E-state index in [0.717, 1.165) is 33.9 Å². The molecule has 2 aromatic carbocycles. The molecule has 0 bridgehead atoms. The van der Waals surface area contributed by atoms with Gasteiger partial charge in [0, 0.05) is 86.2 Å². The van der Waals surface area contributed by atoms with Gasteiger partial charge in [0.05, 0.1) is 15.2 Å².